The normalized spacial score (nSPS) is 15.3. The van der Waals surface area contributed by atoms with Crippen LogP contribution in [0.4, 0.5) is 11.4 Å². The van der Waals surface area contributed by atoms with E-state index in [1.165, 1.54) is 24.3 Å². The Labute approximate surface area is 178 Å². The summed E-state index contributed by atoms with van der Waals surface area (Å²) in [5, 5.41) is 19.1. The van der Waals surface area contributed by atoms with Crippen LogP contribution in [-0.2, 0) is 4.74 Å². The van der Waals surface area contributed by atoms with Crippen LogP contribution in [-0.4, -0.2) is 41.1 Å². The highest BCUT2D eigenvalue weighted by Crippen LogP contribution is 2.17. The molecule has 0 aromatic heterocycles. The van der Waals surface area contributed by atoms with E-state index in [1.54, 1.807) is 24.3 Å². The van der Waals surface area contributed by atoms with E-state index >= 15 is 0 Å². The lowest BCUT2D eigenvalue weighted by molar-refractivity contribution is -0.385. The first kappa shape index (κ1) is 21.3. The molecule has 1 saturated heterocycles. The lowest BCUT2D eigenvalue weighted by atomic mass is 10.1. The number of rotatable bonds is 6. The van der Waals surface area contributed by atoms with Crippen LogP contribution >= 0.6 is 12.2 Å². The molecule has 1 atom stereocenters. The van der Waals surface area contributed by atoms with Gasteiger partial charge in [-0.25, -0.2) is 0 Å². The second kappa shape index (κ2) is 9.90. The Morgan fingerprint density at radius 1 is 1.13 bits per heavy atom. The molecular weight excluding hydrogens is 408 g/mol. The van der Waals surface area contributed by atoms with E-state index in [9.17, 15) is 19.7 Å². The predicted octanol–water partition coefficient (Wildman–Crippen LogP) is 2.63. The van der Waals surface area contributed by atoms with Gasteiger partial charge in [0.25, 0.3) is 17.5 Å². The molecule has 10 heteroatoms. The molecule has 1 fully saturated rings. The summed E-state index contributed by atoms with van der Waals surface area (Å²) < 4.78 is 5.48. The van der Waals surface area contributed by atoms with E-state index < -0.39 is 10.8 Å². The molecule has 1 aliphatic rings. The minimum absolute atomic E-state index is 0.0197. The van der Waals surface area contributed by atoms with Gasteiger partial charge in [-0.1, -0.05) is 12.1 Å². The Balaban J connectivity index is 1.53. The largest absolute Gasteiger partial charge is 0.376 e. The Morgan fingerprint density at radius 3 is 2.53 bits per heavy atom. The van der Waals surface area contributed by atoms with E-state index in [-0.39, 0.29) is 28.4 Å². The number of thiocarbonyl (C=S) groups is 1. The molecule has 1 aliphatic heterocycles. The van der Waals surface area contributed by atoms with E-state index in [0.29, 0.717) is 17.8 Å². The third kappa shape index (κ3) is 5.58. The molecule has 0 saturated carbocycles. The molecule has 3 N–H and O–H groups in total. The maximum atomic E-state index is 12.3. The zero-order chi connectivity index (χ0) is 21.5. The second-order valence-electron chi connectivity index (χ2n) is 6.60. The number of carbonyl (C=O) groups excluding carboxylic acids is 2. The number of amides is 2. The van der Waals surface area contributed by atoms with Crippen molar-refractivity contribution in [2.45, 2.75) is 18.9 Å². The number of nitro benzene ring substituents is 1. The van der Waals surface area contributed by atoms with Crippen molar-refractivity contribution < 1.29 is 19.2 Å². The first-order valence-corrected chi connectivity index (χ1v) is 9.70. The van der Waals surface area contributed by atoms with Crippen molar-refractivity contribution in [3.63, 3.8) is 0 Å². The maximum Gasteiger partial charge on any atom is 0.282 e. The number of hydrogen-bond donors (Lipinski definition) is 3. The number of carbonyl (C=O) groups is 2. The van der Waals surface area contributed by atoms with E-state index in [4.69, 9.17) is 17.0 Å². The summed E-state index contributed by atoms with van der Waals surface area (Å²) in [6, 6.07) is 12.1. The molecule has 30 heavy (non-hydrogen) atoms. The van der Waals surface area contributed by atoms with Crippen molar-refractivity contribution in [3.05, 3.63) is 69.8 Å². The van der Waals surface area contributed by atoms with Crippen molar-refractivity contribution >= 4 is 40.5 Å². The highest BCUT2D eigenvalue weighted by Gasteiger charge is 2.20. The van der Waals surface area contributed by atoms with Crippen molar-refractivity contribution in [2.24, 2.45) is 0 Å². The summed E-state index contributed by atoms with van der Waals surface area (Å²) in [6.07, 6.45) is 2.02. The van der Waals surface area contributed by atoms with E-state index in [2.05, 4.69) is 16.0 Å². The van der Waals surface area contributed by atoms with Gasteiger partial charge in [-0.2, -0.15) is 0 Å². The summed E-state index contributed by atoms with van der Waals surface area (Å²) in [6.45, 7) is 1.20. The molecular formula is C20H20N4O5S. The first-order chi connectivity index (χ1) is 14.4. The fourth-order valence-corrected chi connectivity index (χ4v) is 3.19. The van der Waals surface area contributed by atoms with Crippen LogP contribution in [0.5, 0.6) is 0 Å². The van der Waals surface area contributed by atoms with Gasteiger partial charge >= 0.3 is 0 Å². The van der Waals surface area contributed by atoms with Crippen LogP contribution in [0, 0.1) is 10.1 Å². The maximum absolute atomic E-state index is 12.3. The van der Waals surface area contributed by atoms with Gasteiger partial charge in [-0.3, -0.25) is 25.0 Å². The van der Waals surface area contributed by atoms with Crippen LogP contribution in [0.2, 0.25) is 0 Å². The highest BCUT2D eigenvalue weighted by molar-refractivity contribution is 7.80. The van der Waals surface area contributed by atoms with Gasteiger partial charge in [0, 0.05) is 30.5 Å². The fourth-order valence-electron chi connectivity index (χ4n) is 2.98. The topological polar surface area (TPSA) is 123 Å². The number of nitrogens with one attached hydrogen (secondary N) is 3. The van der Waals surface area contributed by atoms with Crippen molar-refractivity contribution in [2.75, 3.05) is 18.5 Å². The fraction of sp³-hybridized carbons (Fsp3) is 0.250. The molecule has 1 unspecified atom stereocenters. The van der Waals surface area contributed by atoms with E-state index in [0.717, 1.165) is 19.4 Å². The molecule has 0 aliphatic carbocycles. The van der Waals surface area contributed by atoms with Crippen LogP contribution < -0.4 is 16.0 Å². The van der Waals surface area contributed by atoms with Crippen LogP contribution in [0.3, 0.4) is 0 Å². The van der Waals surface area contributed by atoms with Gasteiger partial charge in [-0.05, 0) is 55.4 Å². The van der Waals surface area contributed by atoms with Gasteiger partial charge in [0.1, 0.15) is 5.56 Å². The Morgan fingerprint density at radius 2 is 1.87 bits per heavy atom. The lowest BCUT2D eigenvalue weighted by Gasteiger charge is -2.12. The summed E-state index contributed by atoms with van der Waals surface area (Å²) in [7, 11) is 0. The summed E-state index contributed by atoms with van der Waals surface area (Å²) in [4.78, 5) is 34.9. The van der Waals surface area contributed by atoms with Gasteiger partial charge in [0.2, 0.25) is 0 Å². The minimum atomic E-state index is -0.690. The molecule has 0 bridgehead atoms. The SMILES string of the molecule is O=C(NCC1CCCO1)c1ccc(NC(=S)NC(=O)c2ccccc2[N+](=O)[O-])cc1. The molecule has 0 radical (unpaired) electrons. The van der Waals surface area contributed by atoms with Gasteiger partial charge in [-0.15, -0.1) is 0 Å². The van der Waals surface area contributed by atoms with Crippen LogP contribution in [0.1, 0.15) is 33.6 Å². The Bertz CT molecular complexity index is 958. The number of benzene rings is 2. The molecule has 1 heterocycles. The molecule has 2 aromatic rings. The van der Waals surface area contributed by atoms with Crippen LogP contribution in [0.25, 0.3) is 0 Å². The van der Waals surface area contributed by atoms with Gasteiger partial charge in [0.15, 0.2) is 5.11 Å². The number of hydrogen-bond acceptors (Lipinski definition) is 6. The summed E-state index contributed by atoms with van der Waals surface area (Å²) in [5.74, 6) is -0.894. The third-order valence-electron chi connectivity index (χ3n) is 4.49. The van der Waals surface area contributed by atoms with Gasteiger partial charge in [0.05, 0.1) is 11.0 Å². The predicted molar refractivity (Wildman–Crippen MR) is 115 cm³/mol. The zero-order valence-corrected chi connectivity index (χ0v) is 16.7. The van der Waals surface area contributed by atoms with Crippen molar-refractivity contribution in [1.29, 1.82) is 0 Å². The Hall–Kier alpha value is -3.37. The summed E-state index contributed by atoms with van der Waals surface area (Å²) in [5.41, 5.74) is 0.632. The monoisotopic (exact) mass is 428 g/mol. The summed E-state index contributed by atoms with van der Waals surface area (Å²) >= 11 is 5.10. The third-order valence-corrected chi connectivity index (χ3v) is 4.70. The molecule has 9 nitrogen and oxygen atoms in total. The average Bonchev–Trinajstić information content (AvgIpc) is 3.26. The minimum Gasteiger partial charge on any atom is -0.376 e. The smallest absolute Gasteiger partial charge is 0.282 e. The molecule has 2 aromatic carbocycles. The molecule has 0 spiro atoms. The molecule has 2 amide bonds. The van der Waals surface area contributed by atoms with E-state index in [1.807, 2.05) is 0 Å². The number of nitrogens with zero attached hydrogens (tertiary/aromatic N) is 1. The standard InChI is InChI=1S/C20H20N4O5S/c25-18(21-12-15-4-3-11-29-15)13-7-9-14(10-8-13)22-20(30)23-19(26)16-5-1-2-6-17(16)24(27)28/h1-2,5-10,15H,3-4,11-12H2,(H,21,25)(H2,22,23,26,30). The zero-order valence-electron chi connectivity index (χ0n) is 15.9. The Kier molecular flexibility index (Phi) is 7.04. The van der Waals surface area contributed by atoms with Crippen molar-refractivity contribution in [3.8, 4) is 0 Å². The number of nitro groups is 1. The van der Waals surface area contributed by atoms with Gasteiger partial charge < -0.3 is 15.4 Å². The molecule has 3 rings (SSSR count). The number of para-hydroxylation sites is 1. The quantitative estimate of drug-likeness (QED) is 0.367. The number of ether oxygens (including phenoxy) is 1. The average molecular weight is 428 g/mol. The lowest BCUT2D eigenvalue weighted by Crippen LogP contribution is -2.34. The van der Waals surface area contributed by atoms with Crippen LogP contribution in [0.15, 0.2) is 48.5 Å². The highest BCUT2D eigenvalue weighted by atomic mass is 32.1. The molecule has 156 valence electrons. The first-order valence-electron chi connectivity index (χ1n) is 9.29. The van der Waals surface area contributed by atoms with Crippen molar-refractivity contribution in [1.82, 2.24) is 10.6 Å². The second-order valence-corrected chi connectivity index (χ2v) is 7.01. The number of anilines is 1.